The second-order valence-corrected chi connectivity index (χ2v) is 5.72. The van der Waals surface area contributed by atoms with E-state index in [9.17, 15) is 4.79 Å². The van der Waals surface area contributed by atoms with Crippen LogP contribution in [0, 0.1) is 0 Å². The lowest BCUT2D eigenvalue weighted by atomic mass is 9.98. The number of hydrogen-bond donors (Lipinski definition) is 2. The topological polar surface area (TPSA) is 77.2 Å². The van der Waals surface area contributed by atoms with E-state index in [4.69, 9.17) is 10.5 Å². The fraction of sp³-hybridized carbons (Fsp3) is 0.692. The van der Waals surface area contributed by atoms with Crippen molar-refractivity contribution in [3.8, 4) is 0 Å². The van der Waals surface area contributed by atoms with Gasteiger partial charge < -0.3 is 15.8 Å². The monoisotopic (exact) mass is 283 g/mol. The van der Waals surface area contributed by atoms with Crippen LogP contribution in [-0.4, -0.2) is 30.1 Å². The third-order valence-corrected chi connectivity index (χ3v) is 3.96. The lowest BCUT2D eigenvalue weighted by Gasteiger charge is -2.21. The van der Waals surface area contributed by atoms with Crippen LogP contribution in [0.5, 0.6) is 0 Å². The van der Waals surface area contributed by atoms with Crippen molar-refractivity contribution in [2.45, 2.75) is 44.6 Å². The smallest absolute Gasteiger partial charge is 0.226 e. The summed E-state index contributed by atoms with van der Waals surface area (Å²) in [6.07, 6.45) is 6.86. The highest BCUT2D eigenvalue weighted by Gasteiger charge is 2.13. The molecule has 1 aliphatic rings. The number of nitrogens with one attached hydrogen (secondary N) is 1. The van der Waals surface area contributed by atoms with Crippen LogP contribution in [0.4, 0.5) is 5.13 Å². The van der Waals surface area contributed by atoms with Crippen molar-refractivity contribution in [2.24, 2.45) is 0 Å². The van der Waals surface area contributed by atoms with Crippen molar-refractivity contribution in [1.82, 2.24) is 10.3 Å². The first-order valence-electron chi connectivity index (χ1n) is 6.82. The molecule has 0 radical (unpaired) electrons. The van der Waals surface area contributed by atoms with E-state index in [1.807, 2.05) is 5.38 Å². The molecule has 106 valence electrons. The summed E-state index contributed by atoms with van der Waals surface area (Å²) in [6.45, 7) is 1.16. The Morgan fingerprint density at radius 2 is 2.26 bits per heavy atom. The van der Waals surface area contributed by atoms with Gasteiger partial charge in [-0.1, -0.05) is 19.3 Å². The van der Waals surface area contributed by atoms with Crippen molar-refractivity contribution in [2.75, 3.05) is 18.9 Å². The maximum absolute atomic E-state index is 11.6. The van der Waals surface area contributed by atoms with Crippen LogP contribution < -0.4 is 11.1 Å². The Kier molecular flexibility index (Phi) is 5.60. The molecule has 0 spiro atoms. The average Bonchev–Trinajstić information content (AvgIpc) is 2.81. The van der Waals surface area contributed by atoms with Crippen LogP contribution in [-0.2, 0) is 16.0 Å². The normalized spacial score (nSPS) is 16.4. The number of ether oxygens (including phenoxy) is 1. The Morgan fingerprint density at radius 1 is 1.47 bits per heavy atom. The first-order valence-corrected chi connectivity index (χ1v) is 7.70. The summed E-state index contributed by atoms with van der Waals surface area (Å²) in [5.41, 5.74) is 6.24. The van der Waals surface area contributed by atoms with E-state index >= 15 is 0 Å². The molecule has 2 rings (SSSR count). The molecular weight excluding hydrogens is 262 g/mol. The van der Waals surface area contributed by atoms with E-state index in [0.717, 1.165) is 18.5 Å². The Morgan fingerprint density at radius 3 is 2.95 bits per heavy atom. The molecule has 1 fully saturated rings. The number of anilines is 1. The molecule has 0 aliphatic heterocycles. The minimum absolute atomic E-state index is 0.0301. The lowest BCUT2D eigenvalue weighted by molar-refractivity contribution is -0.120. The molecule has 1 amide bonds. The van der Waals surface area contributed by atoms with Crippen molar-refractivity contribution in [1.29, 1.82) is 0 Å². The van der Waals surface area contributed by atoms with Gasteiger partial charge in [-0.2, -0.15) is 0 Å². The molecule has 0 atom stereocenters. The number of carbonyl (C=O) groups is 1. The predicted molar refractivity (Wildman–Crippen MR) is 76.1 cm³/mol. The molecule has 6 heteroatoms. The zero-order valence-electron chi connectivity index (χ0n) is 11.1. The fourth-order valence-corrected chi connectivity index (χ4v) is 2.84. The second kappa shape index (κ2) is 7.45. The highest BCUT2D eigenvalue weighted by atomic mass is 32.1. The standard InChI is InChI=1S/C13H21N3O2S/c14-13-16-10(9-19-13)8-12(17)15-6-7-18-11-4-2-1-3-5-11/h9,11H,1-8H2,(H2,14,16)(H,15,17). The van der Waals surface area contributed by atoms with Crippen LogP contribution in [0.1, 0.15) is 37.8 Å². The molecule has 1 aliphatic carbocycles. The number of rotatable bonds is 6. The fourth-order valence-electron chi connectivity index (χ4n) is 2.28. The number of amides is 1. The maximum atomic E-state index is 11.6. The number of nitrogens with zero attached hydrogens (tertiary/aromatic N) is 1. The Hall–Kier alpha value is -1.14. The zero-order chi connectivity index (χ0) is 13.5. The van der Waals surface area contributed by atoms with Crippen LogP contribution in [0.2, 0.25) is 0 Å². The molecule has 1 aromatic heterocycles. The van der Waals surface area contributed by atoms with Gasteiger partial charge in [0.15, 0.2) is 5.13 Å². The molecular formula is C13H21N3O2S. The first kappa shape index (κ1) is 14.3. The van der Waals surface area contributed by atoms with E-state index in [0.29, 0.717) is 24.4 Å². The summed E-state index contributed by atoms with van der Waals surface area (Å²) in [6, 6.07) is 0. The summed E-state index contributed by atoms with van der Waals surface area (Å²) in [5, 5.41) is 5.16. The number of thiazole rings is 1. The average molecular weight is 283 g/mol. The Labute approximate surface area is 117 Å². The summed E-state index contributed by atoms with van der Waals surface area (Å²) in [5.74, 6) is -0.0301. The van der Waals surface area contributed by atoms with Gasteiger partial charge in [0.1, 0.15) is 0 Å². The quantitative estimate of drug-likeness (QED) is 0.780. The molecule has 0 unspecified atom stereocenters. The molecule has 0 bridgehead atoms. The van der Waals surface area contributed by atoms with Gasteiger partial charge in [0, 0.05) is 11.9 Å². The summed E-state index contributed by atoms with van der Waals surface area (Å²) >= 11 is 1.36. The third kappa shape index (κ3) is 5.16. The molecule has 0 aromatic carbocycles. The van der Waals surface area contributed by atoms with Gasteiger partial charge in [-0.05, 0) is 12.8 Å². The van der Waals surface area contributed by atoms with Crippen molar-refractivity contribution < 1.29 is 9.53 Å². The van der Waals surface area contributed by atoms with Crippen molar-refractivity contribution in [3.05, 3.63) is 11.1 Å². The van der Waals surface area contributed by atoms with Crippen LogP contribution in [0.15, 0.2) is 5.38 Å². The Balaban J connectivity index is 1.56. The van der Waals surface area contributed by atoms with Crippen molar-refractivity contribution >= 4 is 22.4 Å². The van der Waals surface area contributed by atoms with Gasteiger partial charge in [0.2, 0.25) is 5.91 Å². The van der Waals surface area contributed by atoms with Crippen LogP contribution in [0.25, 0.3) is 0 Å². The lowest BCUT2D eigenvalue weighted by Crippen LogP contribution is -2.30. The van der Waals surface area contributed by atoms with Gasteiger partial charge in [0.05, 0.1) is 24.8 Å². The Bertz CT molecular complexity index is 402. The molecule has 5 nitrogen and oxygen atoms in total. The van der Waals surface area contributed by atoms with Gasteiger partial charge in [-0.25, -0.2) is 4.98 Å². The van der Waals surface area contributed by atoms with Gasteiger partial charge in [-0.15, -0.1) is 11.3 Å². The van der Waals surface area contributed by atoms with Crippen LogP contribution >= 0.6 is 11.3 Å². The minimum Gasteiger partial charge on any atom is -0.376 e. The van der Waals surface area contributed by atoms with E-state index in [2.05, 4.69) is 10.3 Å². The molecule has 3 N–H and O–H groups in total. The molecule has 1 heterocycles. The highest BCUT2D eigenvalue weighted by Crippen LogP contribution is 2.19. The largest absolute Gasteiger partial charge is 0.376 e. The summed E-state index contributed by atoms with van der Waals surface area (Å²) in [7, 11) is 0. The number of nitrogen functional groups attached to an aromatic ring is 1. The molecule has 1 aromatic rings. The zero-order valence-corrected chi connectivity index (χ0v) is 11.9. The maximum Gasteiger partial charge on any atom is 0.226 e. The van der Waals surface area contributed by atoms with Gasteiger partial charge in [-0.3, -0.25) is 4.79 Å². The van der Waals surface area contributed by atoms with E-state index < -0.39 is 0 Å². The highest BCUT2D eigenvalue weighted by molar-refractivity contribution is 7.13. The van der Waals surface area contributed by atoms with Gasteiger partial charge >= 0.3 is 0 Å². The molecule has 1 saturated carbocycles. The number of carbonyl (C=O) groups excluding carboxylic acids is 1. The third-order valence-electron chi connectivity index (χ3n) is 3.24. The summed E-state index contributed by atoms with van der Waals surface area (Å²) < 4.78 is 5.74. The SMILES string of the molecule is Nc1nc(CC(=O)NCCOC2CCCCC2)cs1. The number of nitrogens with two attached hydrogens (primary N) is 1. The van der Waals surface area contributed by atoms with E-state index in [1.165, 1.54) is 30.6 Å². The molecule has 0 saturated heterocycles. The molecule has 19 heavy (non-hydrogen) atoms. The second-order valence-electron chi connectivity index (χ2n) is 4.83. The van der Waals surface area contributed by atoms with E-state index in [-0.39, 0.29) is 12.3 Å². The van der Waals surface area contributed by atoms with E-state index in [1.54, 1.807) is 0 Å². The number of hydrogen-bond acceptors (Lipinski definition) is 5. The van der Waals surface area contributed by atoms with Crippen LogP contribution in [0.3, 0.4) is 0 Å². The first-order chi connectivity index (χ1) is 9.24. The number of aromatic nitrogens is 1. The predicted octanol–water partition coefficient (Wildman–Crippen LogP) is 1.73. The minimum atomic E-state index is -0.0301. The van der Waals surface area contributed by atoms with Crippen molar-refractivity contribution in [3.63, 3.8) is 0 Å². The summed E-state index contributed by atoms with van der Waals surface area (Å²) in [4.78, 5) is 15.7. The van der Waals surface area contributed by atoms with Gasteiger partial charge in [0.25, 0.3) is 0 Å².